The minimum atomic E-state index is -0.226. The molecule has 5 nitrogen and oxygen atoms in total. The Morgan fingerprint density at radius 3 is 2.65 bits per heavy atom. The Kier molecular flexibility index (Phi) is 3.99. The second-order valence-corrected chi connectivity index (χ2v) is 5.13. The van der Waals surface area contributed by atoms with Crippen molar-refractivity contribution in [3.8, 4) is 0 Å². The first-order valence-electron chi connectivity index (χ1n) is 6.22. The number of hydrogen-bond acceptors (Lipinski definition) is 3. The summed E-state index contributed by atoms with van der Waals surface area (Å²) in [5.74, 6) is -0.226. The van der Waals surface area contributed by atoms with E-state index < -0.39 is 0 Å². The molecule has 0 aliphatic carbocycles. The highest BCUT2D eigenvalue weighted by molar-refractivity contribution is 6.31. The maximum absolute atomic E-state index is 12.4. The predicted molar refractivity (Wildman–Crippen MR) is 79.6 cm³/mol. The van der Waals surface area contributed by atoms with Crippen molar-refractivity contribution in [2.45, 2.75) is 13.0 Å². The topological polar surface area (TPSA) is 64.2 Å². The summed E-state index contributed by atoms with van der Waals surface area (Å²) in [6.07, 6.45) is 1.61. The van der Waals surface area contributed by atoms with Crippen LogP contribution in [-0.4, -0.2) is 27.6 Å². The highest BCUT2D eigenvalue weighted by Crippen LogP contribution is 2.27. The van der Waals surface area contributed by atoms with Gasteiger partial charge in [0.05, 0.1) is 11.7 Å². The number of benzene rings is 1. The molecule has 0 saturated heterocycles. The summed E-state index contributed by atoms with van der Waals surface area (Å²) in [5.41, 5.74) is 7.31. The molecule has 0 bridgehead atoms. The van der Waals surface area contributed by atoms with Gasteiger partial charge < -0.3 is 10.6 Å². The molecule has 1 aromatic heterocycles. The number of nitrogens with zero attached hydrogens (tertiary/aromatic N) is 3. The van der Waals surface area contributed by atoms with Crippen LogP contribution in [0.1, 0.15) is 29.0 Å². The summed E-state index contributed by atoms with van der Waals surface area (Å²) >= 11 is 6.17. The van der Waals surface area contributed by atoms with Crippen molar-refractivity contribution in [3.05, 3.63) is 46.7 Å². The normalized spacial score (nSPS) is 12.2. The first-order valence-corrected chi connectivity index (χ1v) is 6.60. The van der Waals surface area contributed by atoms with Gasteiger partial charge in [0, 0.05) is 25.3 Å². The van der Waals surface area contributed by atoms with Gasteiger partial charge in [-0.15, -0.1) is 0 Å². The van der Waals surface area contributed by atoms with Crippen molar-refractivity contribution in [2.24, 2.45) is 7.05 Å². The third-order valence-corrected chi connectivity index (χ3v) is 3.66. The Hall–Kier alpha value is -2.01. The van der Waals surface area contributed by atoms with E-state index in [2.05, 4.69) is 5.10 Å². The second-order valence-electron chi connectivity index (χ2n) is 4.72. The number of carbonyl (C=O) groups is 1. The smallest absolute Gasteiger partial charge is 0.276 e. The first-order chi connectivity index (χ1) is 9.41. The fourth-order valence-electron chi connectivity index (χ4n) is 2.04. The van der Waals surface area contributed by atoms with Gasteiger partial charge in [-0.2, -0.15) is 5.10 Å². The van der Waals surface area contributed by atoms with Crippen LogP contribution in [0.2, 0.25) is 5.02 Å². The first kappa shape index (κ1) is 14.4. The van der Waals surface area contributed by atoms with Crippen LogP contribution in [0.15, 0.2) is 30.5 Å². The molecule has 20 heavy (non-hydrogen) atoms. The van der Waals surface area contributed by atoms with E-state index in [1.54, 1.807) is 31.3 Å². The highest BCUT2D eigenvalue weighted by atomic mass is 35.5. The van der Waals surface area contributed by atoms with Gasteiger partial charge in [-0.25, -0.2) is 0 Å². The standard InChI is InChI=1S/C14H17ClN4O/c1-9(10-6-4-5-7-11(10)15)19(3)14(20)13-12(16)8-18(2)17-13/h4-9H,16H2,1-3H3. The van der Waals surface area contributed by atoms with Crippen molar-refractivity contribution in [1.29, 1.82) is 0 Å². The summed E-state index contributed by atoms with van der Waals surface area (Å²) in [6.45, 7) is 1.91. The van der Waals surface area contributed by atoms with Crippen LogP contribution in [0.25, 0.3) is 0 Å². The third kappa shape index (κ3) is 2.63. The molecule has 1 unspecified atom stereocenters. The number of carbonyl (C=O) groups excluding carboxylic acids is 1. The molecule has 0 spiro atoms. The number of halogens is 1. The molecule has 2 aromatic rings. The Bertz CT molecular complexity index is 638. The zero-order valence-electron chi connectivity index (χ0n) is 11.7. The average Bonchev–Trinajstić information content (AvgIpc) is 2.76. The van der Waals surface area contributed by atoms with E-state index >= 15 is 0 Å². The van der Waals surface area contributed by atoms with E-state index in [1.807, 2.05) is 25.1 Å². The lowest BCUT2D eigenvalue weighted by atomic mass is 10.1. The van der Waals surface area contributed by atoms with E-state index in [0.717, 1.165) is 5.56 Å². The van der Waals surface area contributed by atoms with Crippen molar-refractivity contribution < 1.29 is 4.79 Å². The van der Waals surface area contributed by atoms with Crippen LogP contribution in [0, 0.1) is 0 Å². The molecule has 1 amide bonds. The second kappa shape index (κ2) is 5.54. The van der Waals surface area contributed by atoms with Gasteiger partial charge in [0.25, 0.3) is 5.91 Å². The number of aryl methyl sites for hydroxylation is 1. The molecule has 6 heteroatoms. The number of nitrogen functional groups attached to an aromatic ring is 1. The number of aromatic nitrogens is 2. The van der Waals surface area contributed by atoms with Crippen LogP contribution in [0.5, 0.6) is 0 Å². The largest absolute Gasteiger partial charge is 0.396 e. The Balaban J connectivity index is 2.27. The van der Waals surface area contributed by atoms with Gasteiger partial charge in [0.1, 0.15) is 0 Å². The maximum atomic E-state index is 12.4. The Morgan fingerprint density at radius 1 is 1.45 bits per heavy atom. The fourth-order valence-corrected chi connectivity index (χ4v) is 2.33. The van der Waals surface area contributed by atoms with Gasteiger partial charge in [-0.05, 0) is 18.6 Å². The molecule has 1 atom stereocenters. The van der Waals surface area contributed by atoms with E-state index in [1.165, 1.54) is 4.68 Å². The van der Waals surface area contributed by atoms with Gasteiger partial charge in [0.2, 0.25) is 0 Å². The number of amides is 1. The number of anilines is 1. The van der Waals surface area contributed by atoms with Crippen LogP contribution < -0.4 is 5.73 Å². The molecule has 0 aliphatic heterocycles. The molecule has 0 fully saturated rings. The van der Waals surface area contributed by atoms with E-state index in [9.17, 15) is 4.79 Å². The van der Waals surface area contributed by atoms with Gasteiger partial charge in [-0.1, -0.05) is 29.8 Å². The molecular formula is C14H17ClN4O. The number of hydrogen-bond donors (Lipinski definition) is 1. The van der Waals surface area contributed by atoms with Crippen molar-refractivity contribution >= 4 is 23.2 Å². The lowest BCUT2D eigenvalue weighted by molar-refractivity contribution is 0.0737. The van der Waals surface area contributed by atoms with Gasteiger partial charge in [-0.3, -0.25) is 9.48 Å². The molecule has 1 heterocycles. The molecular weight excluding hydrogens is 276 g/mol. The lowest BCUT2D eigenvalue weighted by Crippen LogP contribution is -2.30. The zero-order chi connectivity index (χ0) is 14.9. The van der Waals surface area contributed by atoms with Crippen LogP contribution in [0.4, 0.5) is 5.69 Å². The fraction of sp³-hybridized carbons (Fsp3) is 0.286. The minimum Gasteiger partial charge on any atom is -0.396 e. The van der Waals surface area contributed by atoms with Crippen molar-refractivity contribution in [3.63, 3.8) is 0 Å². The number of rotatable bonds is 3. The quantitative estimate of drug-likeness (QED) is 0.945. The van der Waals surface area contributed by atoms with Crippen molar-refractivity contribution in [1.82, 2.24) is 14.7 Å². The summed E-state index contributed by atoms with van der Waals surface area (Å²) < 4.78 is 1.52. The van der Waals surface area contributed by atoms with Crippen LogP contribution in [0.3, 0.4) is 0 Å². The highest BCUT2D eigenvalue weighted by Gasteiger charge is 2.24. The molecule has 106 valence electrons. The van der Waals surface area contributed by atoms with Crippen molar-refractivity contribution in [2.75, 3.05) is 12.8 Å². The summed E-state index contributed by atoms with van der Waals surface area (Å²) in [4.78, 5) is 14.0. The molecule has 2 N–H and O–H groups in total. The third-order valence-electron chi connectivity index (χ3n) is 3.32. The number of nitrogens with two attached hydrogens (primary N) is 1. The van der Waals surface area contributed by atoms with E-state index in [4.69, 9.17) is 17.3 Å². The predicted octanol–water partition coefficient (Wildman–Crippen LogP) is 2.49. The molecule has 0 radical (unpaired) electrons. The van der Waals surface area contributed by atoms with Crippen LogP contribution >= 0.6 is 11.6 Å². The molecule has 1 aromatic carbocycles. The lowest BCUT2D eigenvalue weighted by Gasteiger charge is -2.25. The molecule has 0 aliphatic rings. The summed E-state index contributed by atoms with van der Waals surface area (Å²) in [5, 5.41) is 4.73. The molecule has 2 rings (SSSR count). The maximum Gasteiger partial charge on any atom is 0.276 e. The summed E-state index contributed by atoms with van der Waals surface area (Å²) in [7, 11) is 3.44. The summed E-state index contributed by atoms with van der Waals surface area (Å²) in [6, 6.07) is 7.29. The Morgan fingerprint density at radius 2 is 2.10 bits per heavy atom. The van der Waals surface area contributed by atoms with Gasteiger partial charge in [0.15, 0.2) is 5.69 Å². The monoisotopic (exact) mass is 292 g/mol. The Labute approximate surface area is 122 Å². The van der Waals surface area contributed by atoms with E-state index in [-0.39, 0.29) is 17.6 Å². The average molecular weight is 293 g/mol. The van der Waals surface area contributed by atoms with Gasteiger partial charge >= 0.3 is 0 Å². The van der Waals surface area contributed by atoms with Crippen LogP contribution in [-0.2, 0) is 7.05 Å². The zero-order valence-corrected chi connectivity index (χ0v) is 12.4. The van der Waals surface area contributed by atoms with E-state index in [0.29, 0.717) is 10.7 Å². The SMILES string of the molecule is CC(c1ccccc1Cl)N(C)C(=O)c1nn(C)cc1N. The molecule has 0 saturated carbocycles. The minimum absolute atomic E-state index is 0.169.